The lowest BCUT2D eigenvalue weighted by Crippen LogP contribution is -2.27. The number of alkyl halides is 1. The molecule has 2 N–H and O–H groups in total. The van der Waals surface area contributed by atoms with Gasteiger partial charge >= 0.3 is 0 Å². The molecule has 0 aromatic heterocycles. The van der Waals surface area contributed by atoms with Gasteiger partial charge in [-0.3, -0.25) is 4.79 Å². The molecule has 0 radical (unpaired) electrons. The van der Waals surface area contributed by atoms with Gasteiger partial charge in [-0.1, -0.05) is 0 Å². The van der Waals surface area contributed by atoms with E-state index in [4.69, 9.17) is 21.6 Å². The molecule has 0 aliphatic heterocycles. The van der Waals surface area contributed by atoms with E-state index >= 15 is 0 Å². The Bertz CT molecular complexity index is 287. The minimum absolute atomic E-state index is 0.0667. The average molecular weight is 260 g/mol. The molecule has 0 heterocycles. The number of carbonyl (C=O) groups is 1. The second-order valence-electron chi connectivity index (χ2n) is 3.27. The zero-order chi connectivity index (χ0) is 12.9. The van der Waals surface area contributed by atoms with E-state index in [0.717, 1.165) is 6.42 Å². The maximum Gasteiger partial charge on any atom is 0.263 e. The minimum atomic E-state index is -0.378. The van der Waals surface area contributed by atoms with Crippen molar-refractivity contribution in [3.8, 4) is 6.07 Å². The predicted molar refractivity (Wildman–Crippen MR) is 66.5 cm³/mol. The van der Waals surface area contributed by atoms with E-state index in [9.17, 15) is 4.79 Å². The van der Waals surface area contributed by atoms with Gasteiger partial charge in [0, 0.05) is 38.9 Å². The Balaban J connectivity index is 3.91. The molecule has 1 amide bonds. The number of nitriles is 1. The molecule has 0 aliphatic carbocycles. The van der Waals surface area contributed by atoms with Crippen molar-refractivity contribution in [3.63, 3.8) is 0 Å². The van der Waals surface area contributed by atoms with Crippen molar-refractivity contribution in [1.82, 2.24) is 10.6 Å². The largest absolute Gasteiger partial charge is 0.390 e. The second-order valence-corrected chi connectivity index (χ2v) is 3.65. The third-order valence-corrected chi connectivity index (χ3v) is 2.14. The standard InChI is InChI=1S/C11H18ClN3O2/c1-17-7-3-5-14-9-10(8-13)11(16)15-6-2-4-12/h9,14H,2-7H2,1H3,(H,15,16)/b10-9-. The molecule has 0 aromatic carbocycles. The monoisotopic (exact) mass is 259 g/mol. The fraction of sp³-hybridized carbons (Fsp3) is 0.636. The molecule has 0 spiro atoms. The molecular weight excluding hydrogens is 242 g/mol. The molecular formula is C11H18ClN3O2. The number of nitrogens with one attached hydrogen (secondary N) is 2. The van der Waals surface area contributed by atoms with Crippen LogP contribution in [0.25, 0.3) is 0 Å². The van der Waals surface area contributed by atoms with Gasteiger partial charge in [0.15, 0.2) is 0 Å². The van der Waals surface area contributed by atoms with Gasteiger partial charge in [-0.25, -0.2) is 0 Å². The van der Waals surface area contributed by atoms with Gasteiger partial charge in [-0.2, -0.15) is 5.26 Å². The van der Waals surface area contributed by atoms with Gasteiger partial charge in [0.05, 0.1) is 0 Å². The van der Waals surface area contributed by atoms with Crippen LogP contribution in [0.1, 0.15) is 12.8 Å². The molecule has 0 saturated carbocycles. The van der Waals surface area contributed by atoms with Crippen molar-refractivity contribution in [1.29, 1.82) is 5.26 Å². The Morgan fingerprint density at radius 2 is 2.24 bits per heavy atom. The quantitative estimate of drug-likeness (QED) is 0.278. The van der Waals surface area contributed by atoms with Crippen LogP contribution in [0.3, 0.4) is 0 Å². The summed E-state index contributed by atoms with van der Waals surface area (Å²) in [6, 6.07) is 1.84. The highest BCUT2D eigenvalue weighted by Crippen LogP contribution is 1.91. The summed E-state index contributed by atoms with van der Waals surface area (Å²) in [6.45, 7) is 1.78. The summed E-state index contributed by atoms with van der Waals surface area (Å²) in [7, 11) is 1.63. The van der Waals surface area contributed by atoms with Crippen molar-refractivity contribution >= 4 is 17.5 Å². The van der Waals surface area contributed by atoms with Gasteiger partial charge < -0.3 is 15.4 Å². The van der Waals surface area contributed by atoms with Gasteiger partial charge in [-0.05, 0) is 12.8 Å². The molecule has 0 atom stereocenters. The van der Waals surface area contributed by atoms with E-state index in [0.29, 0.717) is 32.0 Å². The van der Waals surface area contributed by atoms with Gasteiger partial charge in [0.1, 0.15) is 11.6 Å². The Morgan fingerprint density at radius 1 is 1.47 bits per heavy atom. The van der Waals surface area contributed by atoms with Gasteiger partial charge in [-0.15, -0.1) is 11.6 Å². The number of hydrogen-bond acceptors (Lipinski definition) is 4. The lowest BCUT2D eigenvalue weighted by Gasteiger charge is -2.03. The Morgan fingerprint density at radius 3 is 2.82 bits per heavy atom. The van der Waals surface area contributed by atoms with E-state index in [1.807, 2.05) is 6.07 Å². The number of hydrogen-bond donors (Lipinski definition) is 2. The molecule has 6 heteroatoms. The zero-order valence-corrected chi connectivity index (χ0v) is 10.7. The number of methoxy groups -OCH3 is 1. The summed E-state index contributed by atoms with van der Waals surface area (Å²) in [5.41, 5.74) is 0.0667. The number of rotatable bonds is 9. The normalized spacial score (nSPS) is 10.8. The van der Waals surface area contributed by atoms with Crippen molar-refractivity contribution < 1.29 is 9.53 Å². The lowest BCUT2D eigenvalue weighted by atomic mass is 10.3. The number of halogens is 1. The van der Waals surface area contributed by atoms with Crippen LogP contribution in [-0.2, 0) is 9.53 Å². The van der Waals surface area contributed by atoms with Crippen LogP contribution in [0.4, 0.5) is 0 Å². The van der Waals surface area contributed by atoms with Crippen LogP contribution in [0, 0.1) is 11.3 Å². The average Bonchev–Trinajstić information content (AvgIpc) is 2.34. The summed E-state index contributed by atoms with van der Waals surface area (Å²) in [4.78, 5) is 11.5. The molecule has 5 nitrogen and oxygen atoms in total. The molecule has 0 unspecified atom stereocenters. The fourth-order valence-corrected chi connectivity index (χ4v) is 1.14. The summed E-state index contributed by atoms with van der Waals surface area (Å²) in [5.74, 6) is 0.109. The molecule has 96 valence electrons. The summed E-state index contributed by atoms with van der Waals surface area (Å²) >= 11 is 5.48. The molecule has 0 rings (SSSR count). The molecule has 0 fully saturated rings. The number of carbonyl (C=O) groups excluding carboxylic acids is 1. The smallest absolute Gasteiger partial charge is 0.263 e. The first-order chi connectivity index (χ1) is 8.26. The van der Waals surface area contributed by atoms with E-state index in [1.54, 1.807) is 7.11 Å². The summed E-state index contributed by atoms with van der Waals surface area (Å²) in [5, 5.41) is 14.3. The molecule has 0 aromatic rings. The molecule has 0 bridgehead atoms. The minimum Gasteiger partial charge on any atom is -0.390 e. The third kappa shape index (κ3) is 8.55. The Labute approximate surface area is 107 Å². The first kappa shape index (κ1) is 15.8. The number of amides is 1. The third-order valence-electron chi connectivity index (χ3n) is 1.88. The zero-order valence-electron chi connectivity index (χ0n) is 9.96. The first-order valence-electron chi connectivity index (χ1n) is 5.43. The van der Waals surface area contributed by atoms with E-state index in [-0.39, 0.29) is 11.5 Å². The molecule has 17 heavy (non-hydrogen) atoms. The fourth-order valence-electron chi connectivity index (χ4n) is 1.01. The predicted octanol–water partition coefficient (Wildman–Crippen LogP) is 0.765. The van der Waals surface area contributed by atoms with Crippen molar-refractivity contribution in [2.75, 3.05) is 32.7 Å². The van der Waals surface area contributed by atoms with Crippen molar-refractivity contribution in [3.05, 3.63) is 11.8 Å². The van der Waals surface area contributed by atoms with Crippen molar-refractivity contribution in [2.45, 2.75) is 12.8 Å². The molecule has 0 aliphatic rings. The summed E-state index contributed by atoms with van der Waals surface area (Å²) < 4.78 is 4.87. The number of nitrogens with zero attached hydrogens (tertiary/aromatic N) is 1. The van der Waals surface area contributed by atoms with Crippen LogP contribution in [0.15, 0.2) is 11.8 Å². The Hall–Kier alpha value is -1.25. The first-order valence-corrected chi connectivity index (χ1v) is 5.96. The van der Waals surface area contributed by atoms with Crippen LogP contribution >= 0.6 is 11.6 Å². The maximum absolute atomic E-state index is 11.5. The lowest BCUT2D eigenvalue weighted by molar-refractivity contribution is -0.117. The maximum atomic E-state index is 11.5. The SMILES string of the molecule is COCCCN/C=C(/C#N)C(=O)NCCCCl. The van der Waals surface area contributed by atoms with Crippen LogP contribution in [-0.4, -0.2) is 38.6 Å². The highest BCUT2D eigenvalue weighted by Gasteiger charge is 2.06. The highest BCUT2D eigenvalue weighted by atomic mass is 35.5. The Kier molecular flexibility index (Phi) is 10.4. The van der Waals surface area contributed by atoms with Crippen LogP contribution in [0.2, 0.25) is 0 Å². The van der Waals surface area contributed by atoms with Crippen LogP contribution in [0.5, 0.6) is 0 Å². The van der Waals surface area contributed by atoms with Crippen LogP contribution < -0.4 is 10.6 Å². The topological polar surface area (TPSA) is 74.1 Å². The van der Waals surface area contributed by atoms with Gasteiger partial charge in [0.2, 0.25) is 0 Å². The number of ether oxygens (including phenoxy) is 1. The van der Waals surface area contributed by atoms with E-state index in [1.165, 1.54) is 6.20 Å². The van der Waals surface area contributed by atoms with E-state index in [2.05, 4.69) is 10.6 Å². The highest BCUT2D eigenvalue weighted by molar-refractivity contribution is 6.17. The second kappa shape index (κ2) is 11.2. The van der Waals surface area contributed by atoms with E-state index < -0.39 is 0 Å². The summed E-state index contributed by atoms with van der Waals surface area (Å²) in [6.07, 6.45) is 2.93. The van der Waals surface area contributed by atoms with Crippen molar-refractivity contribution in [2.24, 2.45) is 0 Å². The van der Waals surface area contributed by atoms with Gasteiger partial charge in [0.25, 0.3) is 5.91 Å². The molecule has 0 saturated heterocycles.